The average Bonchev–Trinajstić information content (AvgIpc) is 3.03. The highest BCUT2D eigenvalue weighted by molar-refractivity contribution is 7.92. The highest BCUT2D eigenvalue weighted by Gasteiger charge is 2.60. The number of benzene rings is 1. The second-order valence-corrected chi connectivity index (χ2v) is 8.38. The first-order valence-corrected chi connectivity index (χ1v) is 8.93. The van der Waals surface area contributed by atoms with Crippen LogP contribution in [0, 0.1) is 23.1 Å². The Bertz CT molecular complexity index is 895. The van der Waals surface area contributed by atoms with Crippen molar-refractivity contribution in [3.8, 4) is 6.07 Å². The SMILES string of the molecule is N#CC1C=CN2C[C@H](S(=O)(=O)c3ccc(F)cc3Cl)C[C@@]12C(=O)O. The second kappa shape index (κ2) is 5.46. The summed E-state index contributed by atoms with van der Waals surface area (Å²) >= 11 is 5.85. The van der Waals surface area contributed by atoms with Crippen LogP contribution in [0.3, 0.4) is 0 Å². The molecule has 0 bridgehead atoms. The van der Waals surface area contributed by atoms with Crippen molar-refractivity contribution in [2.45, 2.75) is 22.1 Å². The normalized spacial score (nSPS) is 28.6. The van der Waals surface area contributed by atoms with Crippen LogP contribution >= 0.6 is 11.6 Å². The Hall–Kier alpha value is -2.11. The zero-order valence-corrected chi connectivity index (χ0v) is 13.8. The lowest BCUT2D eigenvalue weighted by molar-refractivity contribution is -0.148. The van der Waals surface area contributed by atoms with Gasteiger partial charge in [-0.3, -0.25) is 0 Å². The molecule has 0 radical (unpaired) electrons. The van der Waals surface area contributed by atoms with Crippen LogP contribution in [0.5, 0.6) is 0 Å². The molecule has 2 heterocycles. The molecule has 2 aliphatic rings. The molecule has 6 nitrogen and oxygen atoms in total. The summed E-state index contributed by atoms with van der Waals surface area (Å²) in [6.07, 6.45) is 2.66. The van der Waals surface area contributed by atoms with Crippen molar-refractivity contribution in [1.82, 2.24) is 4.90 Å². The summed E-state index contributed by atoms with van der Waals surface area (Å²) in [5.41, 5.74) is -1.60. The lowest BCUT2D eigenvalue weighted by Crippen LogP contribution is -2.49. The molecule has 3 atom stereocenters. The maximum atomic E-state index is 13.2. The molecule has 3 rings (SSSR count). The zero-order chi connectivity index (χ0) is 17.7. The molecule has 0 aliphatic carbocycles. The van der Waals surface area contributed by atoms with Crippen molar-refractivity contribution in [2.75, 3.05) is 6.54 Å². The second-order valence-electron chi connectivity index (χ2n) is 5.78. The van der Waals surface area contributed by atoms with Crippen LogP contribution in [0.1, 0.15) is 6.42 Å². The fourth-order valence-electron chi connectivity index (χ4n) is 3.35. The number of hydrogen-bond donors (Lipinski definition) is 1. The lowest BCUT2D eigenvalue weighted by Gasteiger charge is -2.30. The van der Waals surface area contributed by atoms with Gasteiger partial charge in [0.2, 0.25) is 0 Å². The number of fused-ring (bicyclic) bond motifs is 1. The Morgan fingerprint density at radius 2 is 2.21 bits per heavy atom. The summed E-state index contributed by atoms with van der Waals surface area (Å²) in [6.45, 7) is -0.0724. The van der Waals surface area contributed by atoms with E-state index in [4.69, 9.17) is 11.6 Å². The number of aliphatic carboxylic acids is 1. The van der Waals surface area contributed by atoms with Crippen LogP contribution in [0.15, 0.2) is 35.4 Å². The topological polar surface area (TPSA) is 98.5 Å². The minimum atomic E-state index is -3.98. The Balaban J connectivity index is 2.02. The van der Waals surface area contributed by atoms with Gasteiger partial charge in [0.1, 0.15) is 11.7 Å². The van der Waals surface area contributed by atoms with Crippen molar-refractivity contribution in [3.63, 3.8) is 0 Å². The van der Waals surface area contributed by atoms with Crippen LogP contribution in [0.25, 0.3) is 0 Å². The van der Waals surface area contributed by atoms with E-state index in [-0.39, 0.29) is 22.9 Å². The summed E-state index contributed by atoms with van der Waals surface area (Å²) in [7, 11) is -3.98. The molecule has 1 saturated heterocycles. The van der Waals surface area contributed by atoms with E-state index >= 15 is 0 Å². The monoisotopic (exact) mass is 370 g/mol. The molecule has 126 valence electrons. The largest absolute Gasteiger partial charge is 0.479 e. The number of carboxylic acids is 1. The van der Waals surface area contributed by atoms with Gasteiger partial charge in [0.25, 0.3) is 0 Å². The van der Waals surface area contributed by atoms with Gasteiger partial charge < -0.3 is 10.0 Å². The van der Waals surface area contributed by atoms with Crippen molar-refractivity contribution in [2.24, 2.45) is 5.92 Å². The molecule has 0 spiro atoms. The minimum absolute atomic E-state index is 0.0724. The number of nitriles is 1. The third kappa shape index (κ3) is 2.19. The molecule has 0 aromatic heterocycles. The fraction of sp³-hybridized carbons (Fsp3) is 0.333. The standard InChI is InChI=1S/C15H12ClFN2O4S/c16-12-5-10(17)1-2-13(12)24(22,23)11-6-15(14(20)21)9(7-18)3-4-19(15)8-11/h1-5,9,11H,6,8H2,(H,20,21)/t9?,11-,15+/m1/s1. The summed E-state index contributed by atoms with van der Waals surface area (Å²) in [5.74, 6) is -2.86. The van der Waals surface area contributed by atoms with Crippen molar-refractivity contribution in [1.29, 1.82) is 5.26 Å². The maximum Gasteiger partial charge on any atom is 0.331 e. The van der Waals surface area contributed by atoms with E-state index in [2.05, 4.69) is 0 Å². The molecular weight excluding hydrogens is 359 g/mol. The number of sulfone groups is 1. The van der Waals surface area contributed by atoms with Gasteiger partial charge >= 0.3 is 5.97 Å². The Morgan fingerprint density at radius 1 is 1.50 bits per heavy atom. The van der Waals surface area contributed by atoms with Crippen LogP contribution in [-0.4, -0.2) is 41.7 Å². The average molecular weight is 371 g/mol. The van der Waals surface area contributed by atoms with Gasteiger partial charge in [-0.2, -0.15) is 5.26 Å². The van der Waals surface area contributed by atoms with E-state index < -0.39 is 38.3 Å². The highest BCUT2D eigenvalue weighted by Crippen LogP contribution is 2.45. The van der Waals surface area contributed by atoms with Gasteiger partial charge in [-0.05, 0) is 30.5 Å². The van der Waals surface area contributed by atoms with Crippen molar-refractivity contribution < 1.29 is 22.7 Å². The number of nitrogens with zero attached hydrogens (tertiary/aromatic N) is 2. The summed E-state index contributed by atoms with van der Waals surface area (Å²) in [4.78, 5) is 12.9. The molecule has 1 aromatic carbocycles. The molecule has 1 unspecified atom stereocenters. The number of rotatable bonds is 3. The lowest BCUT2D eigenvalue weighted by atomic mass is 9.85. The predicted octanol–water partition coefficient (Wildman–Crippen LogP) is 1.82. The zero-order valence-electron chi connectivity index (χ0n) is 12.2. The molecule has 24 heavy (non-hydrogen) atoms. The number of hydrogen-bond acceptors (Lipinski definition) is 5. The molecule has 1 N–H and O–H groups in total. The van der Waals surface area contributed by atoms with Crippen molar-refractivity contribution in [3.05, 3.63) is 41.3 Å². The maximum absolute atomic E-state index is 13.2. The fourth-order valence-corrected chi connectivity index (χ4v) is 5.61. The van der Waals surface area contributed by atoms with E-state index in [1.165, 1.54) is 17.2 Å². The van der Waals surface area contributed by atoms with Gasteiger partial charge in [0, 0.05) is 13.0 Å². The molecular formula is C15H12ClFN2O4S. The van der Waals surface area contributed by atoms with E-state index in [1.54, 1.807) is 0 Å². The first kappa shape index (κ1) is 16.7. The molecule has 1 fully saturated rings. The van der Waals surface area contributed by atoms with Gasteiger partial charge in [0.05, 0.1) is 21.2 Å². The predicted molar refractivity (Wildman–Crippen MR) is 82.3 cm³/mol. The van der Waals surface area contributed by atoms with Crippen molar-refractivity contribution >= 4 is 27.4 Å². The van der Waals surface area contributed by atoms with Crippen LogP contribution < -0.4 is 0 Å². The third-order valence-electron chi connectivity index (χ3n) is 4.57. The number of carboxylic acid groups (broad SMARTS) is 1. The third-order valence-corrected chi connectivity index (χ3v) is 7.16. The summed E-state index contributed by atoms with van der Waals surface area (Å²) < 4.78 is 38.8. The van der Waals surface area contributed by atoms with Gasteiger partial charge in [-0.15, -0.1) is 0 Å². The van der Waals surface area contributed by atoms with E-state index in [1.807, 2.05) is 6.07 Å². The molecule has 9 heteroatoms. The van der Waals surface area contributed by atoms with E-state index in [9.17, 15) is 28.0 Å². The van der Waals surface area contributed by atoms with Gasteiger partial charge in [-0.1, -0.05) is 11.6 Å². The smallest absolute Gasteiger partial charge is 0.331 e. The van der Waals surface area contributed by atoms with Crippen LogP contribution in [-0.2, 0) is 14.6 Å². The highest BCUT2D eigenvalue weighted by atomic mass is 35.5. The summed E-state index contributed by atoms with van der Waals surface area (Å²) in [5, 5.41) is 17.5. The first-order chi connectivity index (χ1) is 11.2. The van der Waals surface area contributed by atoms with Gasteiger partial charge in [0.15, 0.2) is 15.4 Å². The quantitative estimate of drug-likeness (QED) is 0.815. The number of carbonyl (C=O) groups is 1. The molecule has 0 saturated carbocycles. The Kier molecular flexibility index (Phi) is 3.81. The van der Waals surface area contributed by atoms with Crippen LogP contribution in [0.2, 0.25) is 5.02 Å². The van der Waals surface area contributed by atoms with E-state index in [0.717, 1.165) is 18.2 Å². The van der Waals surface area contributed by atoms with Gasteiger partial charge in [-0.25, -0.2) is 17.6 Å². The Labute approximate surface area is 142 Å². The molecule has 2 aliphatic heterocycles. The van der Waals surface area contributed by atoms with E-state index in [0.29, 0.717) is 0 Å². The number of halogens is 2. The van der Waals surface area contributed by atoms with Crippen LogP contribution in [0.4, 0.5) is 4.39 Å². The molecule has 0 amide bonds. The Morgan fingerprint density at radius 3 is 2.79 bits per heavy atom. The minimum Gasteiger partial charge on any atom is -0.479 e. The molecule has 1 aromatic rings. The first-order valence-electron chi connectivity index (χ1n) is 7.00. The summed E-state index contributed by atoms with van der Waals surface area (Å²) in [6, 6.07) is 4.86.